The van der Waals surface area contributed by atoms with Gasteiger partial charge in [0.15, 0.2) is 0 Å². The molecule has 2 aromatic rings. The average Bonchev–Trinajstić information content (AvgIpc) is 2.81. The second-order valence-electron chi connectivity index (χ2n) is 5.57. The summed E-state index contributed by atoms with van der Waals surface area (Å²) in [6.45, 7) is 4.27. The minimum atomic E-state index is -0.181. The Morgan fingerprint density at radius 3 is 2.73 bits per heavy atom. The summed E-state index contributed by atoms with van der Waals surface area (Å²) in [5.74, 6) is 0.893. The molecule has 0 aliphatic carbocycles. The molecule has 1 aliphatic rings. The van der Waals surface area contributed by atoms with Gasteiger partial charge in [-0.25, -0.2) is 4.98 Å². The molecule has 1 amide bonds. The Hall–Kier alpha value is -2.31. The van der Waals surface area contributed by atoms with E-state index in [9.17, 15) is 4.79 Å². The van der Waals surface area contributed by atoms with Crippen LogP contribution >= 0.6 is 0 Å². The highest BCUT2D eigenvalue weighted by molar-refractivity contribution is 5.92. The molecule has 1 aliphatic heterocycles. The maximum absolute atomic E-state index is 12.8. The minimum Gasteiger partial charge on any atom is -0.423 e. The number of amides is 1. The third-order valence-electron chi connectivity index (χ3n) is 3.84. The van der Waals surface area contributed by atoms with Gasteiger partial charge in [0.1, 0.15) is 11.7 Å². The first-order valence-electron chi connectivity index (χ1n) is 7.55. The fraction of sp³-hybridized carbons (Fsp3) is 0.533. The molecule has 0 radical (unpaired) electrons. The van der Waals surface area contributed by atoms with Crippen LogP contribution in [0.3, 0.4) is 0 Å². The van der Waals surface area contributed by atoms with Crippen molar-refractivity contribution in [2.75, 3.05) is 6.54 Å². The predicted octanol–water partition coefficient (Wildman–Crippen LogP) is 2.23. The normalized spacial score (nSPS) is 19.0. The molecule has 7 nitrogen and oxygen atoms in total. The van der Waals surface area contributed by atoms with Crippen LogP contribution in [0.1, 0.15) is 59.7 Å². The molecule has 1 unspecified atom stereocenters. The molecule has 1 saturated heterocycles. The first-order chi connectivity index (χ1) is 10.6. The van der Waals surface area contributed by atoms with Crippen LogP contribution in [0.2, 0.25) is 0 Å². The highest BCUT2D eigenvalue weighted by Crippen LogP contribution is 2.30. The summed E-state index contributed by atoms with van der Waals surface area (Å²) in [7, 11) is 0. The minimum absolute atomic E-state index is 0.129. The maximum atomic E-state index is 12.8. The van der Waals surface area contributed by atoms with Crippen LogP contribution in [0.5, 0.6) is 0 Å². The second-order valence-corrected chi connectivity index (χ2v) is 5.57. The van der Waals surface area contributed by atoms with E-state index in [1.165, 1.54) is 6.20 Å². The van der Waals surface area contributed by atoms with Crippen LogP contribution in [0.15, 0.2) is 16.8 Å². The Bertz CT molecular complexity index is 652. The molecule has 2 aromatic heterocycles. The Kier molecular flexibility index (Phi) is 4.13. The molecule has 0 spiro atoms. The predicted molar refractivity (Wildman–Crippen MR) is 78.0 cm³/mol. The molecule has 22 heavy (non-hydrogen) atoms. The molecule has 0 aromatic carbocycles. The first-order valence-corrected chi connectivity index (χ1v) is 7.55. The van der Waals surface area contributed by atoms with E-state index in [0.717, 1.165) is 31.4 Å². The summed E-state index contributed by atoms with van der Waals surface area (Å²) in [5.41, 5.74) is 1.14. The number of hydrogen-bond acceptors (Lipinski definition) is 6. The van der Waals surface area contributed by atoms with E-state index in [2.05, 4.69) is 20.2 Å². The molecular weight excluding hydrogens is 282 g/mol. The summed E-state index contributed by atoms with van der Waals surface area (Å²) in [6, 6.07) is -0.181. The van der Waals surface area contributed by atoms with Crippen LogP contribution in [0, 0.1) is 13.8 Å². The van der Waals surface area contributed by atoms with E-state index in [-0.39, 0.29) is 11.9 Å². The summed E-state index contributed by atoms with van der Waals surface area (Å²) < 4.78 is 5.56. The molecule has 116 valence electrons. The van der Waals surface area contributed by atoms with E-state index in [4.69, 9.17) is 4.42 Å². The fourth-order valence-electron chi connectivity index (χ4n) is 2.70. The molecule has 0 N–H and O–H groups in total. The van der Waals surface area contributed by atoms with Gasteiger partial charge >= 0.3 is 0 Å². The van der Waals surface area contributed by atoms with E-state index < -0.39 is 0 Å². The van der Waals surface area contributed by atoms with Crippen LogP contribution < -0.4 is 0 Å². The van der Waals surface area contributed by atoms with E-state index in [0.29, 0.717) is 24.0 Å². The van der Waals surface area contributed by atoms with Crippen LogP contribution in [-0.4, -0.2) is 37.5 Å². The van der Waals surface area contributed by atoms with Gasteiger partial charge in [-0.15, -0.1) is 10.2 Å². The lowest BCUT2D eigenvalue weighted by Crippen LogP contribution is -2.35. The highest BCUT2D eigenvalue weighted by atomic mass is 16.4. The van der Waals surface area contributed by atoms with Gasteiger partial charge in [0, 0.05) is 19.7 Å². The lowest BCUT2D eigenvalue weighted by molar-refractivity contribution is 0.0644. The van der Waals surface area contributed by atoms with Crippen LogP contribution in [0.25, 0.3) is 0 Å². The number of aromatic nitrogens is 4. The molecule has 3 heterocycles. The molecule has 0 saturated carbocycles. The van der Waals surface area contributed by atoms with Gasteiger partial charge in [-0.3, -0.25) is 9.78 Å². The van der Waals surface area contributed by atoms with E-state index >= 15 is 0 Å². The number of hydrogen-bond donors (Lipinski definition) is 0. The van der Waals surface area contributed by atoms with Gasteiger partial charge in [0.25, 0.3) is 5.91 Å². The zero-order valence-electron chi connectivity index (χ0n) is 12.8. The summed E-state index contributed by atoms with van der Waals surface area (Å²) in [4.78, 5) is 22.9. The molecule has 3 rings (SSSR count). The Morgan fingerprint density at radius 2 is 2.05 bits per heavy atom. The first kappa shape index (κ1) is 14.6. The van der Waals surface area contributed by atoms with Gasteiger partial charge in [-0.1, -0.05) is 12.8 Å². The largest absolute Gasteiger partial charge is 0.423 e. The lowest BCUT2D eigenvalue weighted by Gasteiger charge is -2.27. The third kappa shape index (κ3) is 2.98. The van der Waals surface area contributed by atoms with Crippen molar-refractivity contribution < 1.29 is 9.21 Å². The van der Waals surface area contributed by atoms with Gasteiger partial charge in [-0.2, -0.15) is 0 Å². The van der Waals surface area contributed by atoms with Gasteiger partial charge in [0.2, 0.25) is 11.8 Å². The summed E-state index contributed by atoms with van der Waals surface area (Å²) in [5, 5.41) is 7.99. The molecule has 0 bridgehead atoms. The van der Waals surface area contributed by atoms with Crippen molar-refractivity contribution in [2.24, 2.45) is 0 Å². The van der Waals surface area contributed by atoms with Gasteiger partial charge in [-0.05, 0) is 19.8 Å². The Labute approximate surface area is 128 Å². The number of carbonyl (C=O) groups excluding carboxylic acids is 1. The van der Waals surface area contributed by atoms with Crippen molar-refractivity contribution in [1.82, 2.24) is 25.1 Å². The number of nitrogens with zero attached hydrogens (tertiary/aromatic N) is 5. The Morgan fingerprint density at radius 1 is 1.18 bits per heavy atom. The highest BCUT2D eigenvalue weighted by Gasteiger charge is 2.31. The van der Waals surface area contributed by atoms with Crippen molar-refractivity contribution in [1.29, 1.82) is 0 Å². The zero-order valence-corrected chi connectivity index (χ0v) is 12.8. The zero-order chi connectivity index (χ0) is 15.5. The molecule has 1 fully saturated rings. The number of aryl methyl sites for hydroxylation is 2. The second kappa shape index (κ2) is 6.21. The topological polar surface area (TPSA) is 85.0 Å². The van der Waals surface area contributed by atoms with E-state index in [1.54, 1.807) is 18.0 Å². The van der Waals surface area contributed by atoms with Gasteiger partial charge < -0.3 is 9.32 Å². The van der Waals surface area contributed by atoms with Crippen molar-refractivity contribution in [3.05, 3.63) is 35.6 Å². The monoisotopic (exact) mass is 301 g/mol. The third-order valence-corrected chi connectivity index (χ3v) is 3.84. The Balaban J connectivity index is 1.89. The molecule has 1 atom stereocenters. The van der Waals surface area contributed by atoms with Crippen molar-refractivity contribution >= 4 is 5.91 Å². The van der Waals surface area contributed by atoms with Crippen LogP contribution in [0.4, 0.5) is 0 Å². The van der Waals surface area contributed by atoms with Crippen molar-refractivity contribution in [3.63, 3.8) is 0 Å². The molecule has 7 heteroatoms. The SMILES string of the molecule is Cc1cnc(C(=O)N2CCCCCC2c2nnc(C)o2)cn1. The standard InChI is InChI=1S/C15H19N5O2/c1-10-8-17-12(9-16-10)15(21)20-7-5-3-4-6-13(20)14-19-18-11(2)22-14/h8-9,13H,3-7H2,1-2H3. The smallest absolute Gasteiger partial charge is 0.274 e. The quantitative estimate of drug-likeness (QED) is 0.845. The molecular formula is C15H19N5O2. The lowest BCUT2D eigenvalue weighted by atomic mass is 10.1. The average molecular weight is 301 g/mol. The summed E-state index contributed by atoms with van der Waals surface area (Å²) >= 11 is 0. The number of rotatable bonds is 2. The number of carbonyl (C=O) groups is 1. The van der Waals surface area contributed by atoms with Gasteiger partial charge in [0.05, 0.1) is 11.9 Å². The van der Waals surface area contributed by atoms with Crippen molar-refractivity contribution in [2.45, 2.75) is 45.6 Å². The maximum Gasteiger partial charge on any atom is 0.274 e. The summed E-state index contributed by atoms with van der Waals surface area (Å²) in [6.07, 6.45) is 7.05. The fourth-order valence-corrected chi connectivity index (χ4v) is 2.70. The van der Waals surface area contributed by atoms with Crippen molar-refractivity contribution in [3.8, 4) is 0 Å². The van der Waals surface area contributed by atoms with Crippen LogP contribution in [-0.2, 0) is 0 Å². The number of likely N-dealkylation sites (tertiary alicyclic amines) is 1. The van der Waals surface area contributed by atoms with E-state index in [1.807, 2.05) is 6.92 Å².